The lowest BCUT2D eigenvalue weighted by molar-refractivity contribution is 0.532. The maximum atomic E-state index is 5.44. The molecular weight excluding hydrogens is 210 g/mol. The van der Waals surface area contributed by atoms with E-state index in [1.165, 1.54) is 6.42 Å². The van der Waals surface area contributed by atoms with Crippen LogP contribution in [0.3, 0.4) is 0 Å². The van der Waals surface area contributed by atoms with Gasteiger partial charge in [-0.05, 0) is 42.0 Å². The summed E-state index contributed by atoms with van der Waals surface area (Å²) in [5.41, 5.74) is 5.44. The van der Waals surface area contributed by atoms with Gasteiger partial charge < -0.3 is 5.73 Å². The third-order valence-electron chi connectivity index (χ3n) is 2.01. The van der Waals surface area contributed by atoms with Crippen LogP contribution >= 0.6 is 11.8 Å². The quantitative estimate of drug-likeness (QED) is 0.675. The number of nitrogens with two attached hydrogens (primary N) is 1. The predicted molar refractivity (Wildman–Crippen MR) is 62.6 cm³/mol. The summed E-state index contributed by atoms with van der Waals surface area (Å²) < 4.78 is 1.89. The largest absolute Gasteiger partial charge is 0.330 e. The molecule has 0 aliphatic heterocycles. The molecule has 0 fully saturated rings. The molecule has 0 spiro atoms. The van der Waals surface area contributed by atoms with Crippen LogP contribution in [0.5, 0.6) is 0 Å². The highest BCUT2D eigenvalue weighted by Crippen LogP contribution is 2.10. The van der Waals surface area contributed by atoms with Crippen molar-refractivity contribution in [2.75, 3.05) is 12.3 Å². The first-order valence-corrected chi connectivity index (χ1v) is 6.56. The summed E-state index contributed by atoms with van der Waals surface area (Å²) in [5.74, 6) is 3.05. The molecule has 0 atom stereocenters. The first kappa shape index (κ1) is 12.4. The minimum atomic E-state index is 0.738. The number of nitrogens with zero attached hydrogens (tertiary/aromatic N) is 4. The zero-order chi connectivity index (χ0) is 10.9. The van der Waals surface area contributed by atoms with Crippen molar-refractivity contribution in [3.63, 3.8) is 0 Å². The van der Waals surface area contributed by atoms with Gasteiger partial charge >= 0.3 is 0 Å². The van der Waals surface area contributed by atoms with Crippen LogP contribution in [0, 0.1) is 0 Å². The molecule has 86 valence electrons. The van der Waals surface area contributed by atoms with Crippen LogP contribution in [-0.2, 0) is 12.3 Å². The molecule has 0 unspecified atom stereocenters. The zero-order valence-electron chi connectivity index (χ0n) is 9.22. The molecule has 5 nitrogen and oxygen atoms in total. The van der Waals surface area contributed by atoms with Gasteiger partial charge in [-0.1, -0.05) is 6.92 Å². The molecular formula is C9H19N5S. The van der Waals surface area contributed by atoms with Crippen LogP contribution in [-0.4, -0.2) is 32.5 Å². The van der Waals surface area contributed by atoms with Crippen molar-refractivity contribution in [1.82, 2.24) is 20.2 Å². The molecule has 0 bridgehead atoms. The minimum absolute atomic E-state index is 0.738. The van der Waals surface area contributed by atoms with Crippen LogP contribution in [0.15, 0.2) is 0 Å². The molecule has 0 radical (unpaired) electrons. The van der Waals surface area contributed by atoms with Crippen LogP contribution in [0.1, 0.15) is 32.0 Å². The SMILES string of the molecule is CCCSCc1nnnn1CCCCN. The van der Waals surface area contributed by atoms with E-state index in [1.807, 2.05) is 16.4 Å². The second-order valence-electron chi connectivity index (χ2n) is 3.37. The van der Waals surface area contributed by atoms with Crippen molar-refractivity contribution in [2.24, 2.45) is 5.73 Å². The molecule has 0 aliphatic rings. The smallest absolute Gasteiger partial charge is 0.161 e. The van der Waals surface area contributed by atoms with E-state index in [-0.39, 0.29) is 0 Å². The van der Waals surface area contributed by atoms with Gasteiger partial charge in [-0.25, -0.2) is 4.68 Å². The number of rotatable bonds is 8. The summed E-state index contributed by atoms with van der Waals surface area (Å²) in [6, 6.07) is 0. The fourth-order valence-corrected chi connectivity index (χ4v) is 2.04. The van der Waals surface area contributed by atoms with Gasteiger partial charge in [-0.15, -0.1) is 5.10 Å². The molecule has 1 aromatic heterocycles. The highest BCUT2D eigenvalue weighted by molar-refractivity contribution is 7.98. The average molecular weight is 229 g/mol. The molecule has 0 aromatic carbocycles. The van der Waals surface area contributed by atoms with E-state index in [9.17, 15) is 0 Å². The third kappa shape index (κ3) is 4.61. The summed E-state index contributed by atoms with van der Waals surface area (Å²) in [5, 5.41) is 11.7. The van der Waals surface area contributed by atoms with Crippen LogP contribution < -0.4 is 5.73 Å². The van der Waals surface area contributed by atoms with E-state index in [0.717, 1.165) is 43.3 Å². The van der Waals surface area contributed by atoms with Gasteiger partial charge in [0.25, 0.3) is 0 Å². The lowest BCUT2D eigenvalue weighted by atomic mass is 10.3. The molecule has 1 aromatic rings. The van der Waals surface area contributed by atoms with Gasteiger partial charge in [0.2, 0.25) is 0 Å². The van der Waals surface area contributed by atoms with Crippen LogP contribution in [0.2, 0.25) is 0 Å². The fourth-order valence-electron chi connectivity index (χ4n) is 1.21. The van der Waals surface area contributed by atoms with Crippen molar-refractivity contribution in [1.29, 1.82) is 0 Å². The molecule has 2 N–H and O–H groups in total. The number of aryl methyl sites for hydroxylation is 1. The van der Waals surface area contributed by atoms with Crippen molar-refractivity contribution in [3.8, 4) is 0 Å². The highest BCUT2D eigenvalue weighted by Gasteiger charge is 2.04. The van der Waals surface area contributed by atoms with Crippen molar-refractivity contribution in [2.45, 2.75) is 38.5 Å². The Kier molecular flexibility index (Phi) is 6.34. The number of hydrogen-bond acceptors (Lipinski definition) is 5. The van der Waals surface area contributed by atoms with E-state index in [2.05, 4.69) is 22.4 Å². The number of tetrazole rings is 1. The summed E-state index contributed by atoms with van der Waals surface area (Å²) in [6.45, 7) is 3.80. The Hall–Kier alpha value is -0.620. The highest BCUT2D eigenvalue weighted by atomic mass is 32.2. The Morgan fingerprint density at radius 1 is 1.40 bits per heavy atom. The number of hydrogen-bond donors (Lipinski definition) is 1. The molecule has 0 amide bonds. The van der Waals surface area contributed by atoms with Gasteiger partial charge in [-0.3, -0.25) is 0 Å². The molecule has 1 rings (SSSR count). The second-order valence-corrected chi connectivity index (χ2v) is 4.47. The molecule has 1 heterocycles. The Balaban J connectivity index is 2.32. The van der Waals surface area contributed by atoms with Crippen molar-refractivity contribution in [3.05, 3.63) is 5.82 Å². The van der Waals surface area contributed by atoms with E-state index in [1.54, 1.807) is 0 Å². The van der Waals surface area contributed by atoms with E-state index in [0.29, 0.717) is 0 Å². The zero-order valence-corrected chi connectivity index (χ0v) is 10.0. The van der Waals surface area contributed by atoms with E-state index in [4.69, 9.17) is 5.73 Å². The minimum Gasteiger partial charge on any atom is -0.330 e. The maximum absolute atomic E-state index is 5.44. The summed E-state index contributed by atoms with van der Waals surface area (Å²) in [6.07, 6.45) is 3.27. The Morgan fingerprint density at radius 3 is 3.00 bits per heavy atom. The van der Waals surface area contributed by atoms with Gasteiger partial charge in [0.15, 0.2) is 5.82 Å². The lowest BCUT2D eigenvalue weighted by Gasteiger charge is -2.03. The summed E-state index contributed by atoms with van der Waals surface area (Å²) >= 11 is 1.88. The van der Waals surface area contributed by atoms with Crippen molar-refractivity contribution >= 4 is 11.8 Å². The Labute approximate surface area is 94.8 Å². The van der Waals surface area contributed by atoms with Gasteiger partial charge in [0, 0.05) is 6.54 Å². The van der Waals surface area contributed by atoms with E-state index >= 15 is 0 Å². The molecule has 0 saturated carbocycles. The van der Waals surface area contributed by atoms with Gasteiger partial charge in [-0.2, -0.15) is 11.8 Å². The number of unbranched alkanes of at least 4 members (excludes halogenated alkanes) is 1. The predicted octanol–water partition coefficient (Wildman–Crippen LogP) is 1.06. The first-order chi connectivity index (χ1) is 7.38. The fraction of sp³-hybridized carbons (Fsp3) is 0.889. The normalized spacial score (nSPS) is 10.8. The third-order valence-corrected chi connectivity index (χ3v) is 3.17. The molecule has 0 saturated heterocycles. The Bertz CT molecular complexity index is 238. The molecule has 0 aliphatic carbocycles. The van der Waals surface area contributed by atoms with E-state index < -0.39 is 0 Å². The average Bonchev–Trinajstić information content (AvgIpc) is 2.67. The van der Waals surface area contributed by atoms with Crippen molar-refractivity contribution < 1.29 is 0 Å². The molecule has 6 heteroatoms. The Morgan fingerprint density at radius 2 is 2.27 bits per heavy atom. The summed E-state index contributed by atoms with van der Waals surface area (Å²) in [4.78, 5) is 0. The lowest BCUT2D eigenvalue weighted by Crippen LogP contribution is -2.07. The second kappa shape index (κ2) is 7.64. The number of thioether (sulfide) groups is 1. The number of aromatic nitrogens is 4. The monoisotopic (exact) mass is 229 g/mol. The van der Waals surface area contributed by atoms with Crippen LogP contribution in [0.25, 0.3) is 0 Å². The first-order valence-electron chi connectivity index (χ1n) is 5.41. The molecule has 15 heavy (non-hydrogen) atoms. The topological polar surface area (TPSA) is 69.6 Å². The maximum Gasteiger partial charge on any atom is 0.161 e. The van der Waals surface area contributed by atoms with Crippen LogP contribution in [0.4, 0.5) is 0 Å². The van der Waals surface area contributed by atoms with Gasteiger partial charge in [0.05, 0.1) is 5.75 Å². The summed E-state index contributed by atoms with van der Waals surface area (Å²) in [7, 11) is 0. The standard InChI is InChI=1S/C9H19N5S/c1-2-7-15-8-9-11-12-13-14(9)6-4-3-5-10/h2-8,10H2,1H3. The van der Waals surface area contributed by atoms with Gasteiger partial charge in [0.1, 0.15) is 0 Å².